The quantitative estimate of drug-likeness (QED) is 0.768. The Kier molecular flexibility index (Phi) is 6.89. The molecule has 1 aliphatic rings. The molecule has 2 aromatic rings. The van der Waals surface area contributed by atoms with E-state index in [1.54, 1.807) is 24.3 Å². The van der Waals surface area contributed by atoms with Crippen molar-refractivity contribution < 1.29 is 19.1 Å². The van der Waals surface area contributed by atoms with Crippen LogP contribution in [-0.2, 0) is 9.53 Å². The van der Waals surface area contributed by atoms with E-state index in [4.69, 9.17) is 9.47 Å². The summed E-state index contributed by atoms with van der Waals surface area (Å²) in [5, 5.41) is 2.75. The van der Waals surface area contributed by atoms with Gasteiger partial charge in [0.1, 0.15) is 5.75 Å². The number of benzene rings is 2. The molecule has 1 saturated heterocycles. The molecular formula is C22H26N2O4. The van der Waals surface area contributed by atoms with Gasteiger partial charge >= 0.3 is 5.97 Å². The summed E-state index contributed by atoms with van der Waals surface area (Å²) in [6, 6.07) is 14.4. The van der Waals surface area contributed by atoms with Crippen molar-refractivity contribution in [1.82, 2.24) is 0 Å². The molecule has 0 unspecified atom stereocenters. The zero-order valence-electron chi connectivity index (χ0n) is 16.1. The highest BCUT2D eigenvalue weighted by Crippen LogP contribution is 2.21. The smallest absolute Gasteiger partial charge is 0.338 e. The van der Waals surface area contributed by atoms with E-state index in [-0.39, 0.29) is 12.5 Å². The Bertz CT molecular complexity index is 796. The van der Waals surface area contributed by atoms with Crippen LogP contribution in [0.5, 0.6) is 5.75 Å². The lowest BCUT2D eigenvalue weighted by Crippen LogP contribution is -2.24. The predicted octanol–water partition coefficient (Wildman–Crippen LogP) is 3.87. The largest absolute Gasteiger partial charge is 0.497 e. The zero-order valence-corrected chi connectivity index (χ0v) is 16.1. The highest BCUT2D eigenvalue weighted by molar-refractivity contribution is 5.95. The highest BCUT2D eigenvalue weighted by Gasteiger charge is 2.12. The van der Waals surface area contributed by atoms with Gasteiger partial charge in [0.25, 0.3) is 5.91 Å². The third-order valence-corrected chi connectivity index (χ3v) is 4.76. The van der Waals surface area contributed by atoms with Crippen LogP contribution in [-0.4, -0.2) is 38.7 Å². The Morgan fingerprint density at radius 3 is 2.39 bits per heavy atom. The first-order valence-electron chi connectivity index (χ1n) is 9.62. The number of ether oxygens (including phenoxy) is 2. The van der Waals surface area contributed by atoms with Crippen molar-refractivity contribution in [3.05, 3.63) is 54.1 Å². The van der Waals surface area contributed by atoms with Crippen LogP contribution in [0.1, 0.15) is 36.0 Å². The summed E-state index contributed by atoms with van der Waals surface area (Å²) in [4.78, 5) is 26.5. The third kappa shape index (κ3) is 5.49. The maximum atomic E-state index is 12.1. The first-order valence-corrected chi connectivity index (χ1v) is 9.62. The Labute approximate surface area is 165 Å². The summed E-state index contributed by atoms with van der Waals surface area (Å²) < 4.78 is 10.2. The van der Waals surface area contributed by atoms with Crippen molar-refractivity contribution in [2.24, 2.45) is 0 Å². The number of methoxy groups -OCH3 is 1. The van der Waals surface area contributed by atoms with E-state index in [1.807, 2.05) is 24.3 Å². The van der Waals surface area contributed by atoms with Gasteiger partial charge in [0.05, 0.1) is 12.7 Å². The summed E-state index contributed by atoms with van der Waals surface area (Å²) >= 11 is 0. The molecule has 0 aromatic heterocycles. The van der Waals surface area contributed by atoms with Crippen molar-refractivity contribution in [2.45, 2.75) is 25.7 Å². The van der Waals surface area contributed by atoms with E-state index in [2.05, 4.69) is 10.2 Å². The van der Waals surface area contributed by atoms with Gasteiger partial charge < -0.3 is 19.7 Å². The number of anilines is 2. The van der Waals surface area contributed by atoms with E-state index in [9.17, 15) is 9.59 Å². The Hall–Kier alpha value is -3.02. The molecule has 28 heavy (non-hydrogen) atoms. The molecule has 1 amide bonds. The van der Waals surface area contributed by atoms with Crippen molar-refractivity contribution in [2.75, 3.05) is 37.0 Å². The van der Waals surface area contributed by atoms with Gasteiger partial charge in [0.15, 0.2) is 6.61 Å². The van der Waals surface area contributed by atoms with Gasteiger partial charge in [-0.15, -0.1) is 0 Å². The molecule has 0 saturated carbocycles. The minimum Gasteiger partial charge on any atom is -0.497 e. The summed E-state index contributed by atoms with van der Waals surface area (Å²) in [5.74, 6) is -0.382. The Morgan fingerprint density at radius 2 is 1.71 bits per heavy atom. The van der Waals surface area contributed by atoms with Crippen LogP contribution in [0.3, 0.4) is 0 Å². The lowest BCUT2D eigenvalue weighted by Gasteiger charge is -2.22. The average molecular weight is 382 g/mol. The highest BCUT2D eigenvalue weighted by atomic mass is 16.5. The van der Waals surface area contributed by atoms with Crippen LogP contribution in [0.2, 0.25) is 0 Å². The molecule has 6 nitrogen and oxygen atoms in total. The normalized spacial score (nSPS) is 14.1. The molecule has 148 valence electrons. The Balaban J connectivity index is 1.49. The van der Waals surface area contributed by atoms with Crippen LogP contribution in [0, 0.1) is 0 Å². The summed E-state index contributed by atoms with van der Waals surface area (Å²) in [6.45, 7) is 1.81. The molecule has 1 N–H and O–H groups in total. The molecule has 0 spiro atoms. The van der Waals surface area contributed by atoms with Gasteiger partial charge in [-0.1, -0.05) is 18.9 Å². The van der Waals surface area contributed by atoms with E-state index in [0.29, 0.717) is 17.0 Å². The van der Waals surface area contributed by atoms with Gasteiger partial charge in [0, 0.05) is 24.5 Å². The molecule has 3 rings (SSSR count). The number of carbonyl (C=O) groups excluding carboxylic acids is 2. The summed E-state index contributed by atoms with van der Waals surface area (Å²) in [7, 11) is 1.52. The van der Waals surface area contributed by atoms with E-state index < -0.39 is 5.97 Å². The van der Waals surface area contributed by atoms with Crippen molar-refractivity contribution in [1.29, 1.82) is 0 Å². The second kappa shape index (κ2) is 9.78. The van der Waals surface area contributed by atoms with E-state index in [1.165, 1.54) is 38.5 Å². The molecule has 1 aliphatic heterocycles. The molecular weight excluding hydrogens is 356 g/mol. The van der Waals surface area contributed by atoms with E-state index >= 15 is 0 Å². The lowest BCUT2D eigenvalue weighted by molar-refractivity contribution is -0.119. The molecule has 0 aliphatic carbocycles. The number of rotatable bonds is 6. The molecule has 0 bridgehead atoms. The number of carbonyl (C=O) groups is 2. The number of hydrogen-bond acceptors (Lipinski definition) is 5. The maximum absolute atomic E-state index is 12.1. The minimum absolute atomic E-state index is 0.342. The first kappa shape index (κ1) is 19.7. The third-order valence-electron chi connectivity index (χ3n) is 4.76. The van der Waals surface area contributed by atoms with Crippen LogP contribution in [0.25, 0.3) is 0 Å². The van der Waals surface area contributed by atoms with Crippen molar-refractivity contribution in [3.8, 4) is 5.75 Å². The number of hydrogen-bond donors (Lipinski definition) is 1. The van der Waals surface area contributed by atoms with Crippen molar-refractivity contribution in [3.63, 3.8) is 0 Å². The maximum Gasteiger partial charge on any atom is 0.338 e. The molecule has 0 atom stereocenters. The van der Waals surface area contributed by atoms with Gasteiger partial charge in [-0.25, -0.2) is 4.79 Å². The molecule has 2 aromatic carbocycles. The molecule has 1 heterocycles. The fourth-order valence-electron chi connectivity index (χ4n) is 3.25. The summed E-state index contributed by atoms with van der Waals surface area (Å²) in [6.07, 6.45) is 5.02. The standard InChI is InChI=1S/C22H26N2O4/c1-27-20-8-6-7-17(15-20)22(26)28-16-21(25)23-18-9-11-19(12-10-18)24-13-4-2-3-5-14-24/h6-12,15H,2-5,13-14,16H2,1H3,(H,23,25). The van der Waals surface area contributed by atoms with Gasteiger partial charge in [-0.05, 0) is 55.3 Å². The average Bonchev–Trinajstić information content (AvgIpc) is 3.02. The molecule has 0 radical (unpaired) electrons. The van der Waals surface area contributed by atoms with Crippen LogP contribution in [0.4, 0.5) is 11.4 Å². The van der Waals surface area contributed by atoms with Gasteiger partial charge in [-0.2, -0.15) is 0 Å². The van der Waals surface area contributed by atoms with Crippen LogP contribution in [0.15, 0.2) is 48.5 Å². The van der Waals surface area contributed by atoms with Crippen molar-refractivity contribution >= 4 is 23.3 Å². The van der Waals surface area contributed by atoms with Gasteiger partial charge in [0.2, 0.25) is 0 Å². The molecule has 6 heteroatoms. The number of nitrogens with one attached hydrogen (secondary N) is 1. The number of amides is 1. The van der Waals surface area contributed by atoms with Crippen LogP contribution < -0.4 is 15.0 Å². The zero-order chi connectivity index (χ0) is 19.8. The topological polar surface area (TPSA) is 67.9 Å². The fraction of sp³-hybridized carbons (Fsp3) is 0.364. The monoisotopic (exact) mass is 382 g/mol. The van der Waals surface area contributed by atoms with E-state index in [0.717, 1.165) is 13.1 Å². The first-order chi connectivity index (χ1) is 13.7. The SMILES string of the molecule is COc1cccc(C(=O)OCC(=O)Nc2ccc(N3CCCCCC3)cc2)c1. The minimum atomic E-state index is -0.564. The summed E-state index contributed by atoms with van der Waals surface area (Å²) in [5.41, 5.74) is 2.19. The van der Waals surface area contributed by atoms with Gasteiger partial charge in [-0.3, -0.25) is 4.79 Å². The second-order valence-corrected chi connectivity index (χ2v) is 6.80. The fourth-order valence-corrected chi connectivity index (χ4v) is 3.25. The van der Waals surface area contributed by atoms with Crippen LogP contribution >= 0.6 is 0 Å². The second-order valence-electron chi connectivity index (χ2n) is 6.80. The number of nitrogens with zero attached hydrogens (tertiary/aromatic N) is 1. The predicted molar refractivity (Wildman–Crippen MR) is 109 cm³/mol. The lowest BCUT2D eigenvalue weighted by atomic mass is 10.2. The Morgan fingerprint density at radius 1 is 1.00 bits per heavy atom. The molecule has 1 fully saturated rings. The number of esters is 1.